The molecule has 25 heavy (non-hydrogen) atoms. The van der Waals surface area contributed by atoms with Gasteiger partial charge in [-0.25, -0.2) is 4.79 Å². The summed E-state index contributed by atoms with van der Waals surface area (Å²) in [7, 11) is 5.69. The van der Waals surface area contributed by atoms with Crippen molar-refractivity contribution in [2.45, 2.75) is 12.5 Å². The van der Waals surface area contributed by atoms with Gasteiger partial charge >= 0.3 is 6.03 Å². The zero-order valence-electron chi connectivity index (χ0n) is 15.0. The van der Waals surface area contributed by atoms with E-state index in [0.29, 0.717) is 6.54 Å². The van der Waals surface area contributed by atoms with E-state index in [4.69, 9.17) is 4.74 Å². The van der Waals surface area contributed by atoms with Gasteiger partial charge in [0.15, 0.2) is 0 Å². The van der Waals surface area contributed by atoms with E-state index in [0.717, 1.165) is 30.0 Å². The number of para-hydroxylation sites is 1. The standard InChI is InChI=1S/C20H25N3O2/c1-22(2)19(16-8-6-9-17(13-16)25-3)14-21-20(24)23-12-11-15-7-4-5-10-18(15)23/h4-10,13,19H,11-12,14H2,1-3H3,(H,21,24)/t19-/m0/s1. The molecule has 0 aliphatic carbocycles. The smallest absolute Gasteiger partial charge is 0.321 e. The summed E-state index contributed by atoms with van der Waals surface area (Å²) in [6, 6.07) is 16.1. The molecule has 1 atom stereocenters. The van der Waals surface area contributed by atoms with E-state index >= 15 is 0 Å². The number of carbonyl (C=O) groups is 1. The summed E-state index contributed by atoms with van der Waals surface area (Å²) in [6.45, 7) is 1.27. The first kappa shape index (κ1) is 17.3. The summed E-state index contributed by atoms with van der Waals surface area (Å²) >= 11 is 0. The fourth-order valence-corrected chi connectivity index (χ4v) is 3.28. The normalized spacial score (nSPS) is 14.3. The maximum Gasteiger partial charge on any atom is 0.321 e. The number of benzene rings is 2. The first-order valence-electron chi connectivity index (χ1n) is 8.54. The van der Waals surface area contributed by atoms with E-state index < -0.39 is 0 Å². The van der Waals surface area contributed by atoms with E-state index in [9.17, 15) is 4.79 Å². The van der Waals surface area contributed by atoms with Gasteiger partial charge in [0, 0.05) is 18.8 Å². The highest BCUT2D eigenvalue weighted by Crippen LogP contribution is 2.27. The molecular weight excluding hydrogens is 314 g/mol. The third kappa shape index (κ3) is 3.77. The van der Waals surface area contributed by atoms with Crippen molar-refractivity contribution in [2.24, 2.45) is 0 Å². The van der Waals surface area contributed by atoms with Crippen LogP contribution in [0.15, 0.2) is 48.5 Å². The lowest BCUT2D eigenvalue weighted by atomic mass is 10.1. The fraction of sp³-hybridized carbons (Fsp3) is 0.350. The second-order valence-corrected chi connectivity index (χ2v) is 6.47. The molecule has 1 aliphatic heterocycles. The lowest BCUT2D eigenvalue weighted by Gasteiger charge is -2.27. The van der Waals surface area contributed by atoms with Crippen molar-refractivity contribution in [3.05, 3.63) is 59.7 Å². The Hall–Kier alpha value is -2.53. The summed E-state index contributed by atoms with van der Waals surface area (Å²) in [6.07, 6.45) is 0.913. The summed E-state index contributed by atoms with van der Waals surface area (Å²) in [5, 5.41) is 3.09. The third-order valence-electron chi connectivity index (χ3n) is 4.68. The van der Waals surface area contributed by atoms with Gasteiger partial charge in [0.1, 0.15) is 5.75 Å². The van der Waals surface area contributed by atoms with Crippen LogP contribution < -0.4 is 15.0 Å². The van der Waals surface area contributed by atoms with Crippen molar-refractivity contribution in [3.63, 3.8) is 0 Å². The predicted octanol–water partition coefficient (Wildman–Crippen LogP) is 3.07. The van der Waals surface area contributed by atoms with Gasteiger partial charge in [0.2, 0.25) is 0 Å². The Kier molecular flexibility index (Phi) is 5.24. The molecule has 2 aromatic carbocycles. The summed E-state index contributed by atoms with van der Waals surface area (Å²) in [5.74, 6) is 0.823. The molecule has 0 bridgehead atoms. The van der Waals surface area contributed by atoms with Gasteiger partial charge in [-0.2, -0.15) is 0 Å². The van der Waals surface area contributed by atoms with E-state index in [1.165, 1.54) is 5.56 Å². The number of ether oxygens (including phenoxy) is 1. The van der Waals surface area contributed by atoms with Crippen LogP contribution in [0.3, 0.4) is 0 Å². The maximum absolute atomic E-state index is 12.7. The van der Waals surface area contributed by atoms with Crippen molar-refractivity contribution in [3.8, 4) is 5.75 Å². The first-order chi connectivity index (χ1) is 12.1. The van der Waals surface area contributed by atoms with Gasteiger partial charge in [-0.3, -0.25) is 4.90 Å². The zero-order valence-corrected chi connectivity index (χ0v) is 15.0. The molecule has 0 saturated carbocycles. The monoisotopic (exact) mass is 339 g/mol. The number of hydrogen-bond acceptors (Lipinski definition) is 3. The molecular formula is C20H25N3O2. The highest BCUT2D eigenvalue weighted by molar-refractivity contribution is 5.94. The highest BCUT2D eigenvalue weighted by Gasteiger charge is 2.25. The zero-order chi connectivity index (χ0) is 17.8. The summed E-state index contributed by atoms with van der Waals surface area (Å²) < 4.78 is 5.32. The van der Waals surface area contributed by atoms with Crippen LogP contribution in [-0.2, 0) is 6.42 Å². The minimum Gasteiger partial charge on any atom is -0.497 e. The van der Waals surface area contributed by atoms with E-state index in [1.54, 1.807) is 7.11 Å². The molecule has 0 spiro atoms. The number of methoxy groups -OCH3 is 1. The Labute approximate surface area is 149 Å². The Morgan fingerprint density at radius 1 is 1.24 bits per heavy atom. The van der Waals surface area contributed by atoms with Crippen LogP contribution in [0.5, 0.6) is 5.75 Å². The average Bonchev–Trinajstić information content (AvgIpc) is 3.06. The largest absolute Gasteiger partial charge is 0.497 e. The second kappa shape index (κ2) is 7.57. The second-order valence-electron chi connectivity index (χ2n) is 6.47. The molecule has 0 saturated heterocycles. The van der Waals surface area contributed by atoms with Crippen molar-refractivity contribution in [1.29, 1.82) is 0 Å². The van der Waals surface area contributed by atoms with Crippen LogP contribution in [0.1, 0.15) is 17.2 Å². The molecule has 132 valence electrons. The van der Waals surface area contributed by atoms with Gasteiger partial charge in [0.05, 0.1) is 13.2 Å². The number of rotatable bonds is 5. The Morgan fingerprint density at radius 2 is 2.04 bits per heavy atom. The van der Waals surface area contributed by atoms with Crippen LogP contribution in [0.2, 0.25) is 0 Å². The number of amides is 2. The number of urea groups is 1. The number of hydrogen-bond donors (Lipinski definition) is 1. The molecule has 1 aliphatic rings. The molecule has 1 N–H and O–H groups in total. The van der Waals surface area contributed by atoms with Gasteiger partial charge in [-0.05, 0) is 49.8 Å². The fourth-order valence-electron chi connectivity index (χ4n) is 3.28. The average molecular weight is 339 g/mol. The maximum atomic E-state index is 12.7. The van der Waals surface area contributed by atoms with Gasteiger partial charge in [0.25, 0.3) is 0 Å². The van der Waals surface area contributed by atoms with E-state index in [-0.39, 0.29) is 12.1 Å². The molecule has 5 heteroatoms. The lowest BCUT2D eigenvalue weighted by molar-refractivity contribution is 0.238. The van der Waals surface area contributed by atoms with Crippen molar-refractivity contribution in [1.82, 2.24) is 10.2 Å². The minimum absolute atomic E-state index is 0.0419. The molecule has 2 amide bonds. The quantitative estimate of drug-likeness (QED) is 0.910. The van der Waals surface area contributed by atoms with Crippen molar-refractivity contribution in [2.75, 3.05) is 39.2 Å². The Morgan fingerprint density at radius 3 is 2.80 bits per heavy atom. The number of likely N-dealkylation sites (N-methyl/N-ethyl adjacent to an activating group) is 1. The summed E-state index contributed by atoms with van der Waals surface area (Å²) in [4.78, 5) is 16.6. The Balaban J connectivity index is 1.69. The van der Waals surface area contributed by atoms with Crippen LogP contribution in [0.25, 0.3) is 0 Å². The third-order valence-corrected chi connectivity index (χ3v) is 4.68. The SMILES string of the molecule is COc1cccc([C@H](CNC(=O)N2CCc3ccccc32)N(C)C)c1. The van der Waals surface area contributed by atoms with E-state index in [1.807, 2.05) is 55.4 Å². The molecule has 1 heterocycles. The lowest BCUT2D eigenvalue weighted by Crippen LogP contribution is -2.42. The number of nitrogens with zero attached hydrogens (tertiary/aromatic N) is 2. The van der Waals surface area contributed by atoms with Crippen molar-refractivity contribution >= 4 is 11.7 Å². The Bertz CT molecular complexity index is 745. The van der Waals surface area contributed by atoms with Gasteiger partial charge in [-0.15, -0.1) is 0 Å². The molecule has 2 aromatic rings. The topological polar surface area (TPSA) is 44.8 Å². The summed E-state index contributed by atoms with van der Waals surface area (Å²) in [5.41, 5.74) is 3.36. The van der Waals surface area contributed by atoms with Crippen LogP contribution >= 0.6 is 0 Å². The molecule has 0 aromatic heterocycles. The highest BCUT2D eigenvalue weighted by atomic mass is 16.5. The number of carbonyl (C=O) groups excluding carboxylic acids is 1. The molecule has 0 fully saturated rings. The number of fused-ring (bicyclic) bond motifs is 1. The minimum atomic E-state index is -0.0419. The first-order valence-corrected chi connectivity index (χ1v) is 8.54. The number of anilines is 1. The predicted molar refractivity (Wildman–Crippen MR) is 100 cm³/mol. The van der Waals surface area contributed by atoms with Crippen LogP contribution in [0.4, 0.5) is 10.5 Å². The molecule has 5 nitrogen and oxygen atoms in total. The van der Waals surface area contributed by atoms with Gasteiger partial charge < -0.3 is 15.0 Å². The van der Waals surface area contributed by atoms with Gasteiger partial charge in [-0.1, -0.05) is 30.3 Å². The molecule has 0 radical (unpaired) electrons. The number of nitrogens with one attached hydrogen (secondary N) is 1. The molecule has 0 unspecified atom stereocenters. The molecule has 3 rings (SSSR count). The van der Waals surface area contributed by atoms with Crippen LogP contribution in [-0.4, -0.2) is 45.2 Å². The van der Waals surface area contributed by atoms with Crippen LogP contribution in [0, 0.1) is 0 Å². The van der Waals surface area contributed by atoms with E-state index in [2.05, 4.69) is 22.3 Å². The van der Waals surface area contributed by atoms with Crippen molar-refractivity contribution < 1.29 is 9.53 Å².